The molecule has 13 heavy (non-hydrogen) atoms. The van der Waals surface area contributed by atoms with Crippen LogP contribution in [-0.2, 0) is 11.3 Å². The number of halogens is 2. The first-order valence-corrected chi connectivity index (χ1v) is 4.16. The van der Waals surface area contributed by atoms with Gasteiger partial charge in [0.15, 0.2) is 0 Å². The molecule has 1 amide bonds. The van der Waals surface area contributed by atoms with Crippen molar-refractivity contribution in [2.45, 2.75) is 13.5 Å². The molecule has 1 N–H and O–H groups in total. The molecule has 0 bridgehead atoms. The molecule has 1 rings (SSSR count). The van der Waals surface area contributed by atoms with Crippen molar-refractivity contribution in [1.29, 1.82) is 0 Å². The van der Waals surface area contributed by atoms with Crippen LogP contribution in [0.15, 0.2) is 18.2 Å². The first-order valence-electron chi connectivity index (χ1n) is 3.78. The normalized spacial score (nSPS) is 9.77. The molecule has 0 radical (unpaired) electrons. The minimum atomic E-state index is -0.468. The van der Waals surface area contributed by atoms with Crippen LogP contribution in [-0.4, -0.2) is 5.91 Å². The molecule has 1 aromatic rings. The Morgan fingerprint density at radius 3 is 2.92 bits per heavy atom. The van der Waals surface area contributed by atoms with Crippen LogP contribution < -0.4 is 5.32 Å². The van der Waals surface area contributed by atoms with Crippen molar-refractivity contribution < 1.29 is 9.18 Å². The van der Waals surface area contributed by atoms with E-state index in [2.05, 4.69) is 5.32 Å². The van der Waals surface area contributed by atoms with Gasteiger partial charge in [-0.1, -0.05) is 23.7 Å². The van der Waals surface area contributed by atoms with Crippen LogP contribution in [0.25, 0.3) is 0 Å². The van der Waals surface area contributed by atoms with Crippen LogP contribution in [0.5, 0.6) is 0 Å². The summed E-state index contributed by atoms with van der Waals surface area (Å²) in [5, 5.41) is 2.61. The van der Waals surface area contributed by atoms with Gasteiger partial charge in [0.2, 0.25) is 5.91 Å². The summed E-state index contributed by atoms with van der Waals surface area (Å²) in [5.74, 6) is -0.634. The average molecular weight is 202 g/mol. The fourth-order valence-electron chi connectivity index (χ4n) is 0.905. The summed E-state index contributed by atoms with van der Waals surface area (Å²) in [5.41, 5.74) is 0.580. The highest BCUT2D eigenvalue weighted by Gasteiger charge is 2.04. The molecule has 0 aromatic heterocycles. The molecule has 0 fully saturated rings. The fraction of sp³-hybridized carbons (Fsp3) is 0.222. The van der Waals surface area contributed by atoms with Crippen molar-refractivity contribution in [1.82, 2.24) is 5.32 Å². The lowest BCUT2D eigenvalue weighted by Gasteiger charge is -2.04. The van der Waals surface area contributed by atoms with Gasteiger partial charge in [-0.3, -0.25) is 4.79 Å². The second-order valence-electron chi connectivity index (χ2n) is 2.62. The van der Waals surface area contributed by atoms with Gasteiger partial charge in [0, 0.05) is 13.5 Å². The van der Waals surface area contributed by atoms with Gasteiger partial charge >= 0.3 is 0 Å². The monoisotopic (exact) mass is 201 g/mol. The van der Waals surface area contributed by atoms with Crippen LogP contribution in [0, 0.1) is 5.82 Å². The first-order chi connectivity index (χ1) is 6.11. The lowest BCUT2D eigenvalue weighted by atomic mass is 10.2. The largest absolute Gasteiger partial charge is 0.352 e. The molecule has 1 aromatic carbocycles. The second kappa shape index (κ2) is 4.23. The molecular weight excluding hydrogens is 193 g/mol. The van der Waals surface area contributed by atoms with E-state index in [0.29, 0.717) is 5.56 Å². The van der Waals surface area contributed by atoms with E-state index < -0.39 is 5.82 Å². The lowest BCUT2D eigenvalue weighted by Crippen LogP contribution is -2.19. The first kappa shape index (κ1) is 9.99. The molecule has 0 spiro atoms. The van der Waals surface area contributed by atoms with E-state index in [-0.39, 0.29) is 17.5 Å². The molecule has 0 unspecified atom stereocenters. The number of carbonyl (C=O) groups is 1. The predicted molar refractivity (Wildman–Crippen MR) is 48.9 cm³/mol. The van der Waals surface area contributed by atoms with Crippen LogP contribution in [0.4, 0.5) is 4.39 Å². The number of hydrogen-bond acceptors (Lipinski definition) is 1. The van der Waals surface area contributed by atoms with E-state index in [1.165, 1.54) is 13.0 Å². The molecule has 0 aliphatic carbocycles. The molecule has 0 aliphatic heterocycles. The Morgan fingerprint density at radius 2 is 2.31 bits per heavy atom. The maximum Gasteiger partial charge on any atom is 0.217 e. The van der Waals surface area contributed by atoms with Crippen molar-refractivity contribution in [3.63, 3.8) is 0 Å². The quantitative estimate of drug-likeness (QED) is 0.780. The van der Waals surface area contributed by atoms with Gasteiger partial charge < -0.3 is 5.32 Å². The van der Waals surface area contributed by atoms with Gasteiger partial charge in [-0.05, 0) is 11.6 Å². The van der Waals surface area contributed by atoms with Gasteiger partial charge in [0.05, 0.1) is 5.02 Å². The Balaban J connectivity index is 2.77. The third kappa shape index (κ3) is 2.70. The molecule has 2 nitrogen and oxygen atoms in total. The summed E-state index contributed by atoms with van der Waals surface area (Å²) < 4.78 is 12.9. The number of benzene rings is 1. The minimum Gasteiger partial charge on any atom is -0.352 e. The molecule has 0 heterocycles. The van der Waals surface area contributed by atoms with E-state index in [1.54, 1.807) is 12.1 Å². The van der Waals surface area contributed by atoms with E-state index in [1.807, 2.05) is 0 Å². The summed E-state index contributed by atoms with van der Waals surface area (Å²) in [6.07, 6.45) is 0. The van der Waals surface area contributed by atoms with Gasteiger partial charge in [0.1, 0.15) is 5.82 Å². The van der Waals surface area contributed by atoms with Gasteiger partial charge in [-0.25, -0.2) is 4.39 Å². The highest BCUT2D eigenvalue weighted by atomic mass is 35.5. The summed E-state index contributed by atoms with van der Waals surface area (Å²) in [7, 11) is 0. The van der Waals surface area contributed by atoms with Gasteiger partial charge in [-0.15, -0.1) is 0 Å². The number of rotatable bonds is 2. The topological polar surface area (TPSA) is 29.1 Å². The lowest BCUT2D eigenvalue weighted by molar-refractivity contribution is -0.119. The summed E-state index contributed by atoms with van der Waals surface area (Å²) in [6.45, 7) is 1.65. The smallest absolute Gasteiger partial charge is 0.217 e. The van der Waals surface area contributed by atoms with Crippen molar-refractivity contribution in [2.75, 3.05) is 0 Å². The number of carbonyl (C=O) groups excluding carboxylic acids is 1. The molecular formula is C9H9ClFNO. The van der Waals surface area contributed by atoms with Crippen molar-refractivity contribution in [3.8, 4) is 0 Å². The Hall–Kier alpha value is -1.09. The minimum absolute atomic E-state index is 0.0660. The highest BCUT2D eigenvalue weighted by molar-refractivity contribution is 6.31. The third-order valence-corrected chi connectivity index (χ3v) is 1.98. The Labute approximate surface area is 80.7 Å². The summed E-state index contributed by atoms with van der Waals surface area (Å²) >= 11 is 5.65. The summed E-state index contributed by atoms with van der Waals surface area (Å²) in [4.78, 5) is 10.6. The van der Waals surface area contributed by atoms with E-state index in [0.717, 1.165) is 0 Å². The van der Waals surface area contributed by atoms with E-state index >= 15 is 0 Å². The van der Waals surface area contributed by atoms with Crippen LogP contribution in [0.1, 0.15) is 12.5 Å². The standard InChI is InChI=1S/C9H9ClFNO/c1-6(13)12-5-7-3-2-4-8(11)9(7)10/h2-4H,5H2,1H3,(H,12,13). The van der Waals surface area contributed by atoms with E-state index in [4.69, 9.17) is 11.6 Å². The van der Waals surface area contributed by atoms with Crippen molar-refractivity contribution in [2.24, 2.45) is 0 Å². The number of hydrogen-bond donors (Lipinski definition) is 1. The second-order valence-corrected chi connectivity index (χ2v) is 3.00. The van der Waals surface area contributed by atoms with Crippen molar-refractivity contribution in [3.05, 3.63) is 34.6 Å². The van der Waals surface area contributed by atoms with Crippen LogP contribution >= 0.6 is 11.6 Å². The molecule has 0 saturated heterocycles. The van der Waals surface area contributed by atoms with Crippen LogP contribution in [0.2, 0.25) is 5.02 Å². The average Bonchev–Trinajstić information content (AvgIpc) is 2.07. The Kier molecular flexibility index (Phi) is 3.25. The Bertz CT molecular complexity index is 327. The fourth-order valence-corrected chi connectivity index (χ4v) is 1.10. The zero-order valence-corrected chi connectivity index (χ0v) is 7.86. The SMILES string of the molecule is CC(=O)NCc1cccc(F)c1Cl. The van der Waals surface area contributed by atoms with Gasteiger partial charge in [-0.2, -0.15) is 0 Å². The predicted octanol–water partition coefficient (Wildman–Crippen LogP) is 2.12. The van der Waals surface area contributed by atoms with Gasteiger partial charge in [0.25, 0.3) is 0 Å². The molecule has 4 heteroatoms. The molecule has 70 valence electrons. The number of nitrogens with one attached hydrogen (secondary N) is 1. The highest BCUT2D eigenvalue weighted by Crippen LogP contribution is 2.18. The summed E-state index contributed by atoms with van der Waals surface area (Å²) in [6, 6.07) is 4.50. The number of amides is 1. The third-order valence-electron chi connectivity index (χ3n) is 1.56. The maximum absolute atomic E-state index is 12.9. The van der Waals surface area contributed by atoms with Crippen LogP contribution in [0.3, 0.4) is 0 Å². The molecule has 0 saturated carbocycles. The zero-order chi connectivity index (χ0) is 9.84. The van der Waals surface area contributed by atoms with E-state index in [9.17, 15) is 9.18 Å². The van der Waals surface area contributed by atoms with Crippen molar-refractivity contribution >= 4 is 17.5 Å². The molecule has 0 aliphatic rings. The molecule has 0 atom stereocenters. The maximum atomic E-state index is 12.9. The zero-order valence-electron chi connectivity index (χ0n) is 7.10. The Morgan fingerprint density at radius 1 is 1.62 bits per heavy atom.